The maximum atomic E-state index is 11.2. The number of carbonyl (C=O) groups is 1. The lowest BCUT2D eigenvalue weighted by molar-refractivity contribution is 0.0698. The second kappa shape index (κ2) is 5.11. The molecule has 86 valence electrons. The summed E-state index contributed by atoms with van der Waals surface area (Å²) in [6.45, 7) is 1.96. The Morgan fingerprint density at radius 3 is 2.41 bits per heavy atom. The number of rotatable bonds is 3. The highest BCUT2D eigenvalue weighted by Crippen LogP contribution is 2.16. The van der Waals surface area contributed by atoms with Gasteiger partial charge in [0.05, 0.1) is 5.56 Å². The fourth-order valence-electron chi connectivity index (χ4n) is 1.68. The van der Waals surface area contributed by atoms with Gasteiger partial charge in [-0.1, -0.05) is 51.0 Å². The third-order valence-electron chi connectivity index (χ3n) is 2.55. The van der Waals surface area contributed by atoms with Crippen molar-refractivity contribution < 1.29 is 9.90 Å². The van der Waals surface area contributed by atoms with E-state index in [1.165, 1.54) is 0 Å². The molecule has 0 heterocycles. The van der Waals surface area contributed by atoms with Crippen LogP contribution in [0.2, 0.25) is 0 Å². The number of aromatic carboxylic acids is 1. The zero-order valence-corrected chi connectivity index (χ0v) is 10.5. The van der Waals surface area contributed by atoms with Gasteiger partial charge in [0.25, 0.3) is 0 Å². The van der Waals surface area contributed by atoms with Crippen LogP contribution < -0.4 is 10.6 Å². The summed E-state index contributed by atoms with van der Waals surface area (Å²) in [7, 11) is 0.386. The van der Waals surface area contributed by atoms with E-state index in [2.05, 4.69) is 0 Å². The number of benzene rings is 2. The zero-order valence-electron chi connectivity index (χ0n) is 9.47. The van der Waals surface area contributed by atoms with E-state index >= 15 is 0 Å². The second-order valence-corrected chi connectivity index (χ2v) is 5.12. The minimum Gasteiger partial charge on any atom is -0.478 e. The Hall–Kier alpha value is -1.66. The Kier molecular flexibility index (Phi) is 3.55. The number of carboxylic acid groups (broad SMARTS) is 1. The third kappa shape index (κ3) is 2.72. The van der Waals surface area contributed by atoms with Gasteiger partial charge in [0.1, 0.15) is 0 Å². The first-order valence-corrected chi connectivity index (χ1v) is 6.33. The predicted molar refractivity (Wildman–Crippen MR) is 72.2 cm³/mol. The van der Waals surface area contributed by atoms with E-state index in [9.17, 15) is 9.90 Å². The monoisotopic (exact) mass is 244 g/mol. The maximum Gasteiger partial charge on any atom is 0.336 e. The Balaban J connectivity index is 2.41. The molecule has 3 heteroatoms. The largest absolute Gasteiger partial charge is 0.478 e. The van der Waals surface area contributed by atoms with Gasteiger partial charge in [-0.15, -0.1) is 0 Å². The van der Waals surface area contributed by atoms with Gasteiger partial charge in [-0.25, -0.2) is 4.79 Å². The average molecular weight is 244 g/mol. The van der Waals surface area contributed by atoms with E-state index in [0.717, 1.165) is 16.2 Å². The van der Waals surface area contributed by atoms with Crippen molar-refractivity contribution in [2.24, 2.45) is 0 Å². The van der Waals surface area contributed by atoms with E-state index < -0.39 is 5.97 Å². The SMILES string of the molecule is Cc1cccc(C(=O)O)c1Pc1ccccc1. The van der Waals surface area contributed by atoms with Crippen molar-refractivity contribution >= 4 is 25.2 Å². The summed E-state index contributed by atoms with van der Waals surface area (Å²) in [6.07, 6.45) is 0. The number of hydrogen-bond donors (Lipinski definition) is 1. The molecular weight excluding hydrogens is 231 g/mol. The number of hydrogen-bond acceptors (Lipinski definition) is 1. The first-order valence-electron chi connectivity index (χ1n) is 5.33. The lowest BCUT2D eigenvalue weighted by Gasteiger charge is -2.09. The van der Waals surface area contributed by atoms with Gasteiger partial charge in [0, 0.05) is 0 Å². The van der Waals surface area contributed by atoms with Crippen molar-refractivity contribution in [3.63, 3.8) is 0 Å². The molecule has 2 rings (SSSR count). The van der Waals surface area contributed by atoms with Crippen LogP contribution in [0.15, 0.2) is 48.5 Å². The normalized spacial score (nSPS) is 10.9. The Morgan fingerprint density at radius 2 is 1.76 bits per heavy atom. The molecule has 1 N–H and O–H groups in total. The summed E-state index contributed by atoms with van der Waals surface area (Å²) < 4.78 is 0. The van der Waals surface area contributed by atoms with Gasteiger partial charge in [-0.2, -0.15) is 0 Å². The van der Waals surface area contributed by atoms with E-state index in [1.54, 1.807) is 12.1 Å². The van der Waals surface area contributed by atoms with Crippen molar-refractivity contribution in [1.29, 1.82) is 0 Å². The summed E-state index contributed by atoms with van der Waals surface area (Å²) in [5, 5.41) is 11.3. The highest BCUT2D eigenvalue weighted by molar-refractivity contribution is 7.55. The quantitative estimate of drug-likeness (QED) is 0.841. The number of carboxylic acids is 1. The fraction of sp³-hybridized carbons (Fsp3) is 0.0714. The molecule has 0 saturated carbocycles. The molecule has 0 amide bonds. The van der Waals surface area contributed by atoms with Crippen LogP contribution in [0.25, 0.3) is 0 Å². The molecule has 1 unspecified atom stereocenters. The van der Waals surface area contributed by atoms with Crippen LogP contribution in [0, 0.1) is 6.92 Å². The number of aryl methyl sites for hydroxylation is 1. The molecule has 2 aromatic rings. The topological polar surface area (TPSA) is 37.3 Å². The van der Waals surface area contributed by atoms with E-state index in [4.69, 9.17) is 0 Å². The summed E-state index contributed by atoms with van der Waals surface area (Å²) in [5.41, 5.74) is 1.44. The first kappa shape index (κ1) is 11.8. The van der Waals surface area contributed by atoms with Gasteiger partial charge in [-0.3, -0.25) is 0 Å². The first-order chi connectivity index (χ1) is 8.18. The molecule has 0 aromatic heterocycles. The molecule has 0 aliphatic heterocycles. The van der Waals surface area contributed by atoms with Crippen molar-refractivity contribution in [3.05, 3.63) is 59.7 Å². The van der Waals surface area contributed by atoms with Crippen LogP contribution >= 0.6 is 8.58 Å². The van der Waals surface area contributed by atoms with Crippen LogP contribution in [0.3, 0.4) is 0 Å². The van der Waals surface area contributed by atoms with E-state index in [0.29, 0.717) is 14.1 Å². The van der Waals surface area contributed by atoms with Crippen molar-refractivity contribution in [3.8, 4) is 0 Å². The van der Waals surface area contributed by atoms with Crippen molar-refractivity contribution in [2.75, 3.05) is 0 Å². The fourth-order valence-corrected chi connectivity index (χ4v) is 2.93. The molecule has 0 spiro atoms. The minimum atomic E-state index is -0.855. The Bertz CT molecular complexity index is 535. The maximum absolute atomic E-state index is 11.2. The summed E-state index contributed by atoms with van der Waals surface area (Å²) in [5.74, 6) is -0.855. The molecule has 17 heavy (non-hydrogen) atoms. The predicted octanol–water partition coefficient (Wildman–Crippen LogP) is 2.32. The highest BCUT2D eigenvalue weighted by Gasteiger charge is 2.11. The molecular formula is C14H13O2P. The van der Waals surface area contributed by atoms with E-state index in [1.807, 2.05) is 43.3 Å². The standard InChI is InChI=1S/C14H13O2P/c1-10-6-5-9-12(14(15)16)13(10)17-11-7-3-2-4-8-11/h2-9,17H,1H3,(H,15,16). The summed E-state index contributed by atoms with van der Waals surface area (Å²) in [4.78, 5) is 11.2. The lowest BCUT2D eigenvalue weighted by atomic mass is 10.1. The molecule has 2 nitrogen and oxygen atoms in total. The van der Waals surface area contributed by atoms with E-state index in [-0.39, 0.29) is 0 Å². The minimum absolute atomic E-state index is 0.386. The zero-order chi connectivity index (χ0) is 12.3. The molecule has 2 aromatic carbocycles. The van der Waals surface area contributed by atoms with Crippen LogP contribution in [-0.4, -0.2) is 11.1 Å². The van der Waals surface area contributed by atoms with Crippen LogP contribution in [0.1, 0.15) is 15.9 Å². The van der Waals surface area contributed by atoms with Crippen LogP contribution in [-0.2, 0) is 0 Å². The molecule has 0 radical (unpaired) electrons. The molecule has 0 aliphatic rings. The van der Waals surface area contributed by atoms with Gasteiger partial charge in [0.15, 0.2) is 0 Å². The van der Waals surface area contributed by atoms with Crippen molar-refractivity contribution in [1.82, 2.24) is 0 Å². The Morgan fingerprint density at radius 1 is 1.06 bits per heavy atom. The average Bonchev–Trinajstić information content (AvgIpc) is 2.33. The smallest absolute Gasteiger partial charge is 0.336 e. The molecule has 0 aliphatic carbocycles. The third-order valence-corrected chi connectivity index (χ3v) is 4.08. The molecule has 1 atom stereocenters. The lowest BCUT2D eigenvalue weighted by Crippen LogP contribution is -2.16. The molecule has 0 bridgehead atoms. The molecule has 0 saturated heterocycles. The van der Waals surface area contributed by atoms with Crippen molar-refractivity contribution in [2.45, 2.75) is 6.92 Å². The van der Waals surface area contributed by atoms with Crippen LogP contribution in [0.4, 0.5) is 0 Å². The Labute approximate surface area is 102 Å². The van der Waals surface area contributed by atoms with Gasteiger partial charge in [-0.05, 0) is 29.2 Å². The van der Waals surface area contributed by atoms with Crippen LogP contribution in [0.5, 0.6) is 0 Å². The van der Waals surface area contributed by atoms with Gasteiger partial charge >= 0.3 is 5.97 Å². The van der Waals surface area contributed by atoms with Gasteiger partial charge in [0.2, 0.25) is 0 Å². The summed E-state index contributed by atoms with van der Waals surface area (Å²) in [6, 6.07) is 15.4. The second-order valence-electron chi connectivity index (χ2n) is 3.79. The summed E-state index contributed by atoms with van der Waals surface area (Å²) >= 11 is 0. The van der Waals surface area contributed by atoms with Gasteiger partial charge < -0.3 is 5.11 Å². The molecule has 0 fully saturated rings. The highest BCUT2D eigenvalue weighted by atomic mass is 31.1.